The molecule has 0 amide bonds. The predicted molar refractivity (Wildman–Crippen MR) is 394 cm³/mol. The van der Waals surface area contributed by atoms with Crippen LogP contribution in [0.15, 0.2) is 243 Å². The number of hydrogen-bond acceptors (Lipinski definition) is 20. The van der Waals surface area contributed by atoms with Crippen LogP contribution in [0.25, 0.3) is 48.6 Å². The Bertz CT molecular complexity index is 3690. The van der Waals surface area contributed by atoms with Gasteiger partial charge in [-0.1, -0.05) is 146 Å². The molecule has 0 radical (unpaired) electrons. The normalized spacial score (nSPS) is 10.6. The molecule has 548 valence electrons. The minimum atomic E-state index is -0.380. The molecule has 0 spiro atoms. The van der Waals surface area contributed by atoms with Crippen molar-refractivity contribution in [1.29, 1.82) is 0 Å². The number of allylic oxidation sites excluding steroid dienone is 8. The van der Waals surface area contributed by atoms with Gasteiger partial charge in [-0.15, -0.1) is 0 Å². The molecule has 0 bridgehead atoms. The van der Waals surface area contributed by atoms with Gasteiger partial charge in [-0.2, -0.15) is 0 Å². The monoisotopic (exact) mass is 1610 g/mol. The number of rotatable bonds is 24. The second kappa shape index (κ2) is 47.6. The molecule has 0 aliphatic carbocycles. The van der Waals surface area contributed by atoms with Crippen molar-refractivity contribution in [2.24, 2.45) is 0 Å². The second-order valence-corrected chi connectivity index (χ2v) is 21.6. The first-order valence-electron chi connectivity index (χ1n) is 31.6. The number of carbonyl (C=O) groups is 12. The van der Waals surface area contributed by atoms with Crippen molar-refractivity contribution in [2.75, 3.05) is 0 Å². The average Bonchev–Trinajstić information content (AvgIpc) is 1.21. The molecule has 0 fully saturated rings. The summed E-state index contributed by atoms with van der Waals surface area (Å²) in [5.74, 6) is -0.0620. The van der Waals surface area contributed by atoms with E-state index in [2.05, 4.69) is 0 Å². The van der Waals surface area contributed by atoms with Crippen molar-refractivity contribution in [3.8, 4) is 46.0 Å². The standard InChI is InChI=1S/4C21H18O5.2Pd/c4*1-15(22)25-20-11-5-17(6-12-20)3-9-19(24)10-4-18-7-13-21(14-8-18)26-16(2)23;;/h4*3-14H,1-2H3;;. The first-order valence-corrected chi connectivity index (χ1v) is 31.6. The first kappa shape index (κ1) is 87.7. The topological polar surface area (TPSA) is 279 Å². The Hall–Kier alpha value is -12.6. The molecule has 0 N–H and O–H groups in total. The summed E-state index contributed by atoms with van der Waals surface area (Å²) in [6.45, 7) is 10.7. The number of ketones is 4. The third-order valence-electron chi connectivity index (χ3n) is 12.7. The van der Waals surface area contributed by atoms with E-state index in [1.54, 1.807) is 243 Å². The SMILES string of the molecule is CC(=O)Oc1ccc(C=CC(=O)C=Cc2ccc(OC(C)=O)cc2)cc1.CC(=O)Oc1ccc(C=CC(=O)C=Cc2ccc(OC(C)=O)cc2)cc1.CC(=O)Oc1ccc(C=CC(=O)C=Cc2ccc(OC(C)=O)cc2)cc1.CC(=O)Oc1ccc(C=CC(=O)C=Cc2ccc(OC(C)=O)cc2)cc1.[Pd].[Pd]. The molecule has 8 aromatic carbocycles. The Labute approximate surface area is 640 Å². The number of esters is 8. The largest absolute Gasteiger partial charge is 0.427 e. The molecule has 0 heterocycles. The third-order valence-corrected chi connectivity index (χ3v) is 12.7. The molecule has 8 aromatic rings. The van der Waals surface area contributed by atoms with Gasteiger partial charge in [-0.05, 0) is 190 Å². The first-order chi connectivity index (χ1) is 49.7. The van der Waals surface area contributed by atoms with Crippen LogP contribution in [0.1, 0.15) is 99.9 Å². The summed E-state index contributed by atoms with van der Waals surface area (Å²) < 4.78 is 39.5. The van der Waals surface area contributed by atoms with Crippen molar-refractivity contribution >= 4 is 119 Å². The van der Waals surface area contributed by atoms with E-state index in [1.807, 2.05) is 0 Å². The third kappa shape index (κ3) is 38.5. The Morgan fingerprint density at radius 2 is 0.255 bits per heavy atom. The van der Waals surface area contributed by atoms with Crippen LogP contribution >= 0.6 is 0 Å². The van der Waals surface area contributed by atoms with Crippen molar-refractivity contribution in [3.05, 3.63) is 287 Å². The molecule has 0 saturated carbocycles. The van der Waals surface area contributed by atoms with Gasteiger partial charge in [0.2, 0.25) is 0 Å². The number of hydrogen-bond donors (Lipinski definition) is 0. The van der Waals surface area contributed by atoms with E-state index in [1.165, 1.54) is 104 Å². The van der Waals surface area contributed by atoms with Crippen LogP contribution < -0.4 is 37.9 Å². The van der Waals surface area contributed by atoms with Crippen LogP contribution in [-0.2, 0) is 98.4 Å². The summed E-state index contributed by atoms with van der Waals surface area (Å²) in [7, 11) is 0. The minimum Gasteiger partial charge on any atom is -0.427 e. The van der Waals surface area contributed by atoms with Crippen molar-refractivity contribution in [2.45, 2.75) is 55.4 Å². The van der Waals surface area contributed by atoms with Crippen molar-refractivity contribution in [1.82, 2.24) is 0 Å². The molecule has 22 heteroatoms. The van der Waals surface area contributed by atoms with Gasteiger partial charge in [-0.25, -0.2) is 0 Å². The molecule has 8 rings (SSSR count). The maximum absolute atomic E-state index is 11.9. The molecule has 0 unspecified atom stereocenters. The maximum atomic E-state index is 11.9. The Balaban J connectivity index is 0.000000364. The van der Waals surface area contributed by atoms with Gasteiger partial charge in [-0.3, -0.25) is 57.5 Å². The fourth-order valence-electron chi connectivity index (χ4n) is 8.15. The summed E-state index contributed by atoms with van der Waals surface area (Å²) >= 11 is 0. The van der Waals surface area contributed by atoms with E-state index >= 15 is 0 Å². The summed E-state index contributed by atoms with van der Waals surface area (Å²) in [4.78, 5) is 134. The Kier molecular flexibility index (Phi) is 39.4. The average molecular weight is 1610 g/mol. The number of ether oxygens (including phenoxy) is 8. The van der Waals surface area contributed by atoms with E-state index in [-0.39, 0.29) is 112 Å². The van der Waals surface area contributed by atoms with Gasteiger partial charge in [0.05, 0.1) is 0 Å². The van der Waals surface area contributed by atoms with Crippen molar-refractivity contribution < 1.29 is 136 Å². The van der Waals surface area contributed by atoms with Gasteiger partial charge in [0.15, 0.2) is 23.1 Å². The van der Waals surface area contributed by atoms with E-state index < -0.39 is 0 Å². The number of benzene rings is 8. The van der Waals surface area contributed by atoms with Crippen LogP contribution in [0.4, 0.5) is 0 Å². The van der Waals surface area contributed by atoms with Crippen LogP contribution in [0.5, 0.6) is 46.0 Å². The van der Waals surface area contributed by atoms with Gasteiger partial charge >= 0.3 is 47.8 Å². The molecule has 106 heavy (non-hydrogen) atoms. The van der Waals surface area contributed by atoms with Crippen LogP contribution in [0, 0.1) is 0 Å². The zero-order valence-corrected chi connectivity index (χ0v) is 61.6. The molecule has 20 nitrogen and oxygen atoms in total. The zero-order chi connectivity index (χ0) is 75.8. The molecule has 0 aliphatic heterocycles. The summed E-state index contributed by atoms with van der Waals surface area (Å²) in [6, 6.07) is 54.5. The Morgan fingerprint density at radius 1 is 0.170 bits per heavy atom. The smallest absolute Gasteiger partial charge is 0.308 e. The van der Waals surface area contributed by atoms with Crippen LogP contribution in [-0.4, -0.2) is 70.9 Å². The Morgan fingerprint density at radius 3 is 0.330 bits per heavy atom. The van der Waals surface area contributed by atoms with Gasteiger partial charge in [0.1, 0.15) is 46.0 Å². The summed E-state index contributed by atoms with van der Waals surface area (Å²) in [5, 5.41) is 0. The van der Waals surface area contributed by atoms with Gasteiger partial charge in [0, 0.05) is 96.2 Å². The van der Waals surface area contributed by atoms with E-state index in [0.717, 1.165) is 44.5 Å². The maximum Gasteiger partial charge on any atom is 0.308 e. The summed E-state index contributed by atoms with van der Waals surface area (Å²) in [6.07, 6.45) is 25.0. The van der Waals surface area contributed by atoms with E-state index in [0.29, 0.717) is 46.0 Å². The second-order valence-electron chi connectivity index (χ2n) is 21.6. The molecule has 0 atom stereocenters. The molecular weight excluding hydrogens is 1540 g/mol. The van der Waals surface area contributed by atoms with Gasteiger partial charge < -0.3 is 37.9 Å². The molecule has 0 aromatic heterocycles. The van der Waals surface area contributed by atoms with Crippen molar-refractivity contribution in [3.63, 3.8) is 0 Å². The number of carbonyl (C=O) groups excluding carboxylic acids is 12. The van der Waals surface area contributed by atoms with Crippen LogP contribution in [0.3, 0.4) is 0 Å². The fraction of sp³-hybridized carbons (Fsp3) is 0.0952. The zero-order valence-electron chi connectivity index (χ0n) is 58.5. The van der Waals surface area contributed by atoms with E-state index in [9.17, 15) is 57.5 Å². The van der Waals surface area contributed by atoms with Gasteiger partial charge in [0.25, 0.3) is 0 Å². The molecule has 0 aliphatic rings. The van der Waals surface area contributed by atoms with E-state index in [4.69, 9.17) is 37.9 Å². The molecular formula is C84H72O20Pd2. The van der Waals surface area contributed by atoms with Crippen LogP contribution in [0.2, 0.25) is 0 Å². The minimum absolute atomic E-state index is 0. The fourth-order valence-corrected chi connectivity index (χ4v) is 8.15. The summed E-state index contributed by atoms with van der Waals surface area (Å²) in [5.41, 5.74) is 6.51. The quantitative estimate of drug-likeness (QED) is 0.0235. The predicted octanol–water partition coefficient (Wildman–Crippen LogP) is 15.3. The molecule has 0 saturated heterocycles.